The van der Waals surface area contributed by atoms with Crippen molar-refractivity contribution in [2.24, 2.45) is 0 Å². The number of hydrogen-bond acceptors (Lipinski definition) is 1. The van der Waals surface area contributed by atoms with Crippen LogP contribution in [-0.4, -0.2) is 5.11 Å². The van der Waals surface area contributed by atoms with E-state index in [2.05, 4.69) is 19.1 Å². The van der Waals surface area contributed by atoms with Gasteiger partial charge in [0.05, 0.1) is 0 Å². The minimum atomic E-state index is 0.508. The van der Waals surface area contributed by atoms with Gasteiger partial charge in [0.2, 0.25) is 0 Å². The third kappa shape index (κ3) is 12.9. The van der Waals surface area contributed by atoms with Crippen molar-refractivity contribution in [1.29, 1.82) is 0 Å². The van der Waals surface area contributed by atoms with Crippen LogP contribution in [0.25, 0.3) is 0 Å². The number of para-hydroxylation sites is 1. The normalized spacial score (nSPS) is 11.2. The lowest BCUT2D eigenvalue weighted by Crippen LogP contribution is -1.89. The Labute approximate surface area is 170 Å². The number of aromatic hydroxyl groups is 1. The third-order valence-corrected chi connectivity index (χ3v) is 5.87. The second-order valence-electron chi connectivity index (χ2n) is 8.49. The number of rotatable bonds is 18. The molecule has 0 spiro atoms. The fourth-order valence-corrected chi connectivity index (χ4v) is 3.96. The van der Waals surface area contributed by atoms with Crippen LogP contribution in [0.5, 0.6) is 5.75 Å². The third-order valence-electron chi connectivity index (χ3n) is 5.87. The van der Waals surface area contributed by atoms with E-state index >= 15 is 0 Å². The Morgan fingerprint density at radius 1 is 0.593 bits per heavy atom. The Kier molecular flexibility index (Phi) is 15.3. The van der Waals surface area contributed by atoms with E-state index < -0.39 is 0 Å². The van der Waals surface area contributed by atoms with Crippen LogP contribution in [0, 0.1) is 6.92 Å². The minimum Gasteiger partial charge on any atom is -0.507 e. The van der Waals surface area contributed by atoms with Gasteiger partial charge in [0, 0.05) is 0 Å². The second kappa shape index (κ2) is 17.1. The summed E-state index contributed by atoms with van der Waals surface area (Å²) in [5.74, 6) is 0.508. The molecule has 156 valence electrons. The van der Waals surface area contributed by atoms with Gasteiger partial charge in [-0.2, -0.15) is 0 Å². The molecule has 0 aliphatic heterocycles. The maximum Gasteiger partial charge on any atom is 0.121 e. The van der Waals surface area contributed by atoms with Gasteiger partial charge in [-0.25, -0.2) is 0 Å². The molecule has 1 N–H and O–H groups in total. The maximum atomic E-state index is 10.0. The first-order valence-electron chi connectivity index (χ1n) is 12.0. The monoisotopic (exact) mass is 374 g/mol. The van der Waals surface area contributed by atoms with Crippen LogP contribution in [0.15, 0.2) is 18.2 Å². The van der Waals surface area contributed by atoms with Crippen molar-refractivity contribution >= 4 is 0 Å². The van der Waals surface area contributed by atoms with Crippen LogP contribution in [0.3, 0.4) is 0 Å². The summed E-state index contributed by atoms with van der Waals surface area (Å²) < 4.78 is 0. The number of phenolic OH excluding ortho intramolecular Hbond substituents is 1. The van der Waals surface area contributed by atoms with E-state index in [1.54, 1.807) is 0 Å². The van der Waals surface area contributed by atoms with Crippen molar-refractivity contribution in [3.05, 3.63) is 29.3 Å². The molecule has 0 aliphatic rings. The van der Waals surface area contributed by atoms with Crippen molar-refractivity contribution < 1.29 is 5.11 Å². The van der Waals surface area contributed by atoms with Gasteiger partial charge < -0.3 is 5.11 Å². The lowest BCUT2D eigenvalue weighted by atomic mass is 10.0. The molecular formula is C26H46O. The van der Waals surface area contributed by atoms with Gasteiger partial charge in [-0.05, 0) is 30.9 Å². The van der Waals surface area contributed by atoms with Gasteiger partial charge in [0.15, 0.2) is 0 Å². The van der Waals surface area contributed by atoms with Crippen molar-refractivity contribution in [1.82, 2.24) is 0 Å². The van der Waals surface area contributed by atoms with E-state index in [4.69, 9.17) is 0 Å². The molecule has 1 nitrogen and oxygen atoms in total. The van der Waals surface area contributed by atoms with E-state index in [1.807, 2.05) is 13.0 Å². The molecule has 0 radical (unpaired) electrons. The largest absolute Gasteiger partial charge is 0.507 e. The van der Waals surface area contributed by atoms with Gasteiger partial charge >= 0.3 is 0 Å². The Bertz CT molecular complexity index is 452. The molecule has 0 saturated heterocycles. The van der Waals surface area contributed by atoms with Gasteiger partial charge in [0.25, 0.3) is 0 Å². The summed E-state index contributed by atoms with van der Waals surface area (Å²) in [5.41, 5.74) is 2.12. The van der Waals surface area contributed by atoms with Crippen LogP contribution < -0.4 is 0 Å². The van der Waals surface area contributed by atoms with Crippen molar-refractivity contribution in [3.8, 4) is 5.75 Å². The summed E-state index contributed by atoms with van der Waals surface area (Å²) in [7, 11) is 0. The van der Waals surface area contributed by atoms with E-state index in [-0.39, 0.29) is 0 Å². The summed E-state index contributed by atoms with van der Waals surface area (Å²) >= 11 is 0. The number of hydrogen-bond donors (Lipinski definition) is 1. The SMILES string of the molecule is CCCCCCCCCCCCCCCCCCCc1cccc(C)c1O. The highest BCUT2D eigenvalue weighted by atomic mass is 16.3. The predicted octanol–water partition coefficient (Wildman–Crippen LogP) is 8.89. The van der Waals surface area contributed by atoms with Crippen LogP contribution in [0.1, 0.15) is 127 Å². The van der Waals surface area contributed by atoms with Crippen LogP contribution in [0.4, 0.5) is 0 Å². The maximum absolute atomic E-state index is 10.0. The fourth-order valence-electron chi connectivity index (χ4n) is 3.96. The molecule has 0 bridgehead atoms. The molecule has 1 rings (SSSR count). The van der Waals surface area contributed by atoms with Gasteiger partial charge in [-0.3, -0.25) is 0 Å². The molecule has 0 unspecified atom stereocenters. The van der Waals surface area contributed by atoms with Crippen LogP contribution >= 0.6 is 0 Å². The van der Waals surface area contributed by atoms with E-state index in [0.717, 1.165) is 17.5 Å². The molecule has 1 aromatic rings. The van der Waals surface area contributed by atoms with Crippen molar-refractivity contribution in [3.63, 3.8) is 0 Å². The smallest absolute Gasteiger partial charge is 0.121 e. The second-order valence-corrected chi connectivity index (χ2v) is 8.49. The minimum absolute atomic E-state index is 0.508. The molecule has 0 saturated carbocycles. The average Bonchev–Trinajstić information content (AvgIpc) is 2.67. The Morgan fingerprint density at radius 3 is 1.44 bits per heavy atom. The van der Waals surface area contributed by atoms with Crippen LogP contribution in [-0.2, 0) is 6.42 Å². The molecule has 0 aliphatic carbocycles. The van der Waals surface area contributed by atoms with Gasteiger partial charge in [0.1, 0.15) is 5.75 Å². The molecule has 0 heterocycles. The molecule has 0 fully saturated rings. The highest BCUT2D eigenvalue weighted by Gasteiger charge is 2.03. The number of benzene rings is 1. The zero-order chi connectivity index (χ0) is 19.6. The Balaban J connectivity index is 1.79. The quantitative estimate of drug-likeness (QED) is 0.254. The number of aryl methyl sites for hydroxylation is 2. The fraction of sp³-hybridized carbons (Fsp3) is 0.769. The first-order valence-corrected chi connectivity index (χ1v) is 12.0. The van der Waals surface area contributed by atoms with Gasteiger partial charge in [-0.1, -0.05) is 128 Å². The lowest BCUT2D eigenvalue weighted by Gasteiger charge is -2.07. The summed E-state index contributed by atoms with van der Waals surface area (Å²) in [5, 5.41) is 10.0. The standard InChI is InChI=1S/C26H46O/c1-3-4-5-6-7-8-9-10-11-12-13-14-15-16-17-18-19-22-25-23-20-21-24(2)26(25)27/h20-21,23,27H,3-19,22H2,1-2H3. The molecular weight excluding hydrogens is 328 g/mol. The average molecular weight is 375 g/mol. The molecule has 1 aromatic carbocycles. The van der Waals surface area contributed by atoms with E-state index in [1.165, 1.54) is 109 Å². The highest BCUT2D eigenvalue weighted by Crippen LogP contribution is 2.23. The summed E-state index contributed by atoms with van der Waals surface area (Å²) in [4.78, 5) is 0. The first kappa shape index (κ1) is 24.1. The highest BCUT2D eigenvalue weighted by molar-refractivity contribution is 5.39. The lowest BCUT2D eigenvalue weighted by molar-refractivity contribution is 0.461. The van der Waals surface area contributed by atoms with E-state index in [0.29, 0.717) is 5.75 Å². The molecule has 0 atom stereocenters. The van der Waals surface area contributed by atoms with Gasteiger partial charge in [-0.15, -0.1) is 0 Å². The zero-order valence-electron chi connectivity index (χ0n) is 18.4. The Morgan fingerprint density at radius 2 is 1.00 bits per heavy atom. The van der Waals surface area contributed by atoms with Crippen molar-refractivity contribution in [2.45, 2.75) is 129 Å². The first-order chi connectivity index (χ1) is 13.3. The Hall–Kier alpha value is -0.980. The van der Waals surface area contributed by atoms with Crippen molar-refractivity contribution in [2.75, 3.05) is 0 Å². The molecule has 0 aromatic heterocycles. The molecule has 0 amide bonds. The summed E-state index contributed by atoms with van der Waals surface area (Å²) in [6.45, 7) is 4.27. The van der Waals surface area contributed by atoms with E-state index in [9.17, 15) is 5.11 Å². The molecule has 1 heteroatoms. The van der Waals surface area contributed by atoms with Crippen LogP contribution in [0.2, 0.25) is 0 Å². The molecule has 27 heavy (non-hydrogen) atoms. The predicted molar refractivity (Wildman–Crippen MR) is 121 cm³/mol. The summed E-state index contributed by atoms with van der Waals surface area (Å²) in [6, 6.07) is 6.10. The topological polar surface area (TPSA) is 20.2 Å². The number of phenols is 1. The summed E-state index contributed by atoms with van der Waals surface area (Å²) in [6.07, 6.45) is 25.0. The number of unbranched alkanes of at least 4 members (excludes halogenated alkanes) is 16. The zero-order valence-corrected chi connectivity index (χ0v) is 18.4.